The number of rotatable bonds is 6. The molecule has 108 valence electrons. The van der Waals surface area contributed by atoms with Crippen LogP contribution in [0.1, 0.15) is 26.2 Å². The van der Waals surface area contributed by atoms with E-state index < -0.39 is 12.0 Å². The van der Waals surface area contributed by atoms with E-state index in [2.05, 4.69) is 22.5 Å². The Morgan fingerprint density at radius 2 is 2.11 bits per heavy atom. The molecule has 0 radical (unpaired) electrons. The lowest BCUT2D eigenvalue weighted by atomic mass is 10.1. The quantitative estimate of drug-likeness (QED) is 0.655. The van der Waals surface area contributed by atoms with Crippen LogP contribution >= 0.6 is 0 Å². The van der Waals surface area contributed by atoms with Crippen LogP contribution in [0, 0.1) is 11.8 Å². The molecule has 0 bridgehead atoms. The van der Waals surface area contributed by atoms with Gasteiger partial charge in [0.1, 0.15) is 6.04 Å². The summed E-state index contributed by atoms with van der Waals surface area (Å²) in [5.41, 5.74) is 0. The summed E-state index contributed by atoms with van der Waals surface area (Å²) in [5.74, 6) is -0.337. The first kappa shape index (κ1) is 14.1. The smallest absolute Gasteiger partial charge is 0.326 e. The van der Waals surface area contributed by atoms with E-state index in [-0.39, 0.29) is 11.9 Å². The van der Waals surface area contributed by atoms with Crippen LogP contribution in [0.25, 0.3) is 0 Å². The van der Waals surface area contributed by atoms with Crippen LogP contribution < -0.4 is 10.6 Å². The van der Waals surface area contributed by atoms with Crippen molar-refractivity contribution in [2.45, 2.75) is 32.2 Å². The Balaban J connectivity index is 1.68. The van der Waals surface area contributed by atoms with E-state index >= 15 is 0 Å². The lowest BCUT2D eigenvalue weighted by Crippen LogP contribution is -2.48. The van der Waals surface area contributed by atoms with Gasteiger partial charge in [0.25, 0.3) is 0 Å². The summed E-state index contributed by atoms with van der Waals surface area (Å²) in [7, 11) is 0. The predicted molar refractivity (Wildman–Crippen MR) is 70.9 cm³/mol. The molecule has 19 heavy (non-hydrogen) atoms. The minimum atomic E-state index is -0.935. The van der Waals surface area contributed by atoms with Crippen molar-refractivity contribution in [3.8, 4) is 0 Å². The number of amides is 2. The molecule has 2 atom stereocenters. The number of carboxylic acid groups (broad SMARTS) is 1. The molecule has 1 aliphatic carbocycles. The summed E-state index contributed by atoms with van der Waals surface area (Å²) in [6.45, 7) is 5.91. The molecule has 1 saturated heterocycles. The molecule has 1 aliphatic heterocycles. The molecule has 0 spiro atoms. The zero-order valence-corrected chi connectivity index (χ0v) is 11.4. The zero-order chi connectivity index (χ0) is 13.8. The molecule has 2 amide bonds. The third-order valence-corrected chi connectivity index (χ3v) is 4.01. The second kappa shape index (κ2) is 6.23. The third-order valence-electron chi connectivity index (χ3n) is 4.01. The van der Waals surface area contributed by atoms with Gasteiger partial charge in [-0.15, -0.1) is 0 Å². The van der Waals surface area contributed by atoms with Gasteiger partial charge in [-0.05, 0) is 44.2 Å². The van der Waals surface area contributed by atoms with Crippen LogP contribution in [-0.4, -0.2) is 54.2 Å². The summed E-state index contributed by atoms with van der Waals surface area (Å²) >= 11 is 0. The van der Waals surface area contributed by atoms with Crippen molar-refractivity contribution in [1.82, 2.24) is 15.5 Å². The monoisotopic (exact) mass is 269 g/mol. The summed E-state index contributed by atoms with van der Waals surface area (Å²) in [4.78, 5) is 25.1. The highest BCUT2D eigenvalue weighted by Crippen LogP contribution is 2.32. The molecule has 0 aromatic heterocycles. The minimum absolute atomic E-state index is 0.116. The Hall–Kier alpha value is -1.30. The van der Waals surface area contributed by atoms with E-state index in [0.717, 1.165) is 38.9 Å². The van der Waals surface area contributed by atoms with Crippen LogP contribution in [0.15, 0.2) is 0 Å². The number of nitrogens with zero attached hydrogens (tertiary/aromatic N) is 1. The fourth-order valence-corrected chi connectivity index (χ4v) is 2.61. The van der Waals surface area contributed by atoms with Crippen LogP contribution in [0.3, 0.4) is 0 Å². The van der Waals surface area contributed by atoms with E-state index in [0.29, 0.717) is 12.5 Å². The van der Waals surface area contributed by atoms with E-state index in [1.807, 2.05) is 0 Å². The fourth-order valence-electron chi connectivity index (χ4n) is 2.61. The van der Waals surface area contributed by atoms with Gasteiger partial charge in [-0.1, -0.05) is 6.92 Å². The standard InChI is InChI=1S/C13H23N3O3/c1-2-16-6-5-9(8-16)7-14-13(19)15-11(12(17)18)10-3-4-10/h9-11H,2-8H2,1H3,(H,17,18)(H2,14,15,19). The van der Waals surface area contributed by atoms with E-state index in [1.54, 1.807) is 0 Å². The SMILES string of the molecule is CCN1CCC(CNC(=O)NC(C(=O)O)C2CC2)C1. The number of nitrogens with one attached hydrogen (secondary N) is 2. The first-order valence-electron chi connectivity index (χ1n) is 7.09. The Morgan fingerprint density at radius 1 is 1.37 bits per heavy atom. The van der Waals surface area contributed by atoms with Crippen LogP contribution in [0.5, 0.6) is 0 Å². The molecule has 1 heterocycles. The molecular formula is C13H23N3O3. The van der Waals surface area contributed by atoms with Gasteiger partial charge in [0.15, 0.2) is 0 Å². The zero-order valence-electron chi connectivity index (χ0n) is 11.4. The molecule has 2 fully saturated rings. The lowest BCUT2D eigenvalue weighted by molar-refractivity contribution is -0.139. The van der Waals surface area contributed by atoms with Gasteiger partial charge in [-0.25, -0.2) is 9.59 Å². The Kier molecular flexibility index (Phi) is 4.63. The molecule has 2 unspecified atom stereocenters. The number of hydrogen-bond donors (Lipinski definition) is 3. The van der Waals surface area contributed by atoms with Crippen molar-refractivity contribution < 1.29 is 14.7 Å². The number of carbonyl (C=O) groups is 2. The average molecular weight is 269 g/mol. The first-order valence-corrected chi connectivity index (χ1v) is 7.09. The van der Waals surface area contributed by atoms with E-state index in [1.165, 1.54) is 0 Å². The molecule has 2 aliphatic rings. The minimum Gasteiger partial charge on any atom is -0.480 e. The number of aliphatic carboxylic acids is 1. The Bertz CT molecular complexity index is 344. The highest BCUT2D eigenvalue weighted by atomic mass is 16.4. The van der Waals surface area contributed by atoms with Crippen LogP contribution in [-0.2, 0) is 4.79 Å². The van der Waals surface area contributed by atoms with Gasteiger partial charge in [0, 0.05) is 13.1 Å². The molecular weight excluding hydrogens is 246 g/mol. The summed E-state index contributed by atoms with van der Waals surface area (Å²) in [5, 5.41) is 14.4. The largest absolute Gasteiger partial charge is 0.480 e. The second-order valence-corrected chi connectivity index (χ2v) is 5.56. The second-order valence-electron chi connectivity index (χ2n) is 5.56. The Labute approximate surface area is 113 Å². The van der Waals surface area contributed by atoms with Gasteiger partial charge >= 0.3 is 12.0 Å². The topological polar surface area (TPSA) is 81.7 Å². The van der Waals surface area contributed by atoms with Crippen molar-refractivity contribution in [2.75, 3.05) is 26.2 Å². The normalized spacial score (nSPS) is 25.0. The summed E-state index contributed by atoms with van der Waals surface area (Å²) < 4.78 is 0. The van der Waals surface area contributed by atoms with E-state index in [9.17, 15) is 9.59 Å². The maximum Gasteiger partial charge on any atom is 0.326 e. The summed E-state index contributed by atoms with van der Waals surface area (Å²) in [6, 6.07) is -1.08. The summed E-state index contributed by atoms with van der Waals surface area (Å²) in [6.07, 6.45) is 2.88. The first-order chi connectivity index (χ1) is 9.10. The number of carboxylic acids is 1. The molecule has 6 nitrogen and oxygen atoms in total. The van der Waals surface area contributed by atoms with Gasteiger partial charge in [-0.2, -0.15) is 0 Å². The van der Waals surface area contributed by atoms with Gasteiger partial charge in [0.05, 0.1) is 0 Å². The van der Waals surface area contributed by atoms with Crippen molar-refractivity contribution in [3.05, 3.63) is 0 Å². The molecule has 1 saturated carbocycles. The molecule has 3 N–H and O–H groups in total. The average Bonchev–Trinajstić information content (AvgIpc) is 3.11. The predicted octanol–water partition coefficient (Wildman–Crippen LogP) is 0.491. The highest BCUT2D eigenvalue weighted by molar-refractivity contribution is 5.83. The Morgan fingerprint density at radius 3 is 2.63 bits per heavy atom. The third kappa shape index (κ3) is 4.09. The van der Waals surface area contributed by atoms with Crippen LogP contribution in [0.4, 0.5) is 4.79 Å². The molecule has 0 aromatic rings. The maximum atomic E-state index is 11.7. The van der Waals surface area contributed by atoms with Crippen LogP contribution in [0.2, 0.25) is 0 Å². The van der Waals surface area contributed by atoms with Crippen molar-refractivity contribution in [3.63, 3.8) is 0 Å². The van der Waals surface area contributed by atoms with Gasteiger partial charge < -0.3 is 20.6 Å². The van der Waals surface area contributed by atoms with E-state index in [4.69, 9.17) is 5.11 Å². The lowest BCUT2D eigenvalue weighted by Gasteiger charge is -2.16. The maximum absolute atomic E-state index is 11.7. The van der Waals surface area contributed by atoms with Gasteiger partial charge in [-0.3, -0.25) is 0 Å². The fraction of sp³-hybridized carbons (Fsp3) is 0.846. The molecule has 2 rings (SSSR count). The highest BCUT2D eigenvalue weighted by Gasteiger charge is 2.37. The number of urea groups is 1. The number of likely N-dealkylation sites (tertiary alicyclic amines) is 1. The molecule has 6 heteroatoms. The number of hydrogen-bond acceptors (Lipinski definition) is 3. The molecule has 0 aromatic carbocycles. The van der Waals surface area contributed by atoms with Crippen molar-refractivity contribution >= 4 is 12.0 Å². The van der Waals surface area contributed by atoms with Crippen molar-refractivity contribution in [2.24, 2.45) is 11.8 Å². The van der Waals surface area contributed by atoms with Crippen molar-refractivity contribution in [1.29, 1.82) is 0 Å². The van der Waals surface area contributed by atoms with Gasteiger partial charge in [0.2, 0.25) is 0 Å². The number of carbonyl (C=O) groups excluding carboxylic acids is 1.